The van der Waals surface area contributed by atoms with E-state index in [-0.39, 0.29) is 0 Å². The van der Waals surface area contributed by atoms with Crippen molar-refractivity contribution in [1.82, 2.24) is 18.6 Å². The molecule has 1 aromatic carbocycles. The van der Waals surface area contributed by atoms with Gasteiger partial charge in [0, 0.05) is 45.1 Å². The van der Waals surface area contributed by atoms with E-state index >= 15 is 0 Å². The lowest BCUT2D eigenvalue weighted by molar-refractivity contribution is 0.180. The van der Waals surface area contributed by atoms with Gasteiger partial charge in [-0.3, -0.25) is 4.90 Å². The van der Waals surface area contributed by atoms with Gasteiger partial charge in [0.15, 0.2) is 0 Å². The van der Waals surface area contributed by atoms with Gasteiger partial charge in [-0.2, -0.15) is 4.31 Å². The highest BCUT2D eigenvalue weighted by Gasteiger charge is 2.28. The van der Waals surface area contributed by atoms with Crippen molar-refractivity contribution < 1.29 is 8.42 Å². The van der Waals surface area contributed by atoms with Crippen molar-refractivity contribution in [1.29, 1.82) is 0 Å². The van der Waals surface area contributed by atoms with E-state index in [0.717, 1.165) is 24.3 Å². The normalized spacial score (nSPS) is 17.4. The lowest BCUT2D eigenvalue weighted by Gasteiger charge is -2.33. The molecule has 1 aliphatic heterocycles. The van der Waals surface area contributed by atoms with Crippen LogP contribution in [0.1, 0.15) is 43.0 Å². The molecule has 2 aromatic heterocycles. The third kappa shape index (κ3) is 4.29. The molecule has 160 valence electrons. The molecule has 1 unspecified atom stereocenters. The van der Waals surface area contributed by atoms with Gasteiger partial charge in [0.2, 0.25) is 10.0 Å². The molecule has 0 spiro atoms. The number of imidazole rings is 1. The predicted molar refractivity (Wildman–Crippen MR) is 119 cm³/mol. The Morgan fingerprint density at radius 2 is 1.70 bits per heavy atom. The van der Waals surface area contributed by atoms with E-state index in [2.05, 4.69) is 53.5 Å². The third-order valence-corrected chi connectivity index (χ3v) is 7.98. The zero-order valence-corrected chi connectivity index (χ0v) is 18.8. The molecule has 6 nitrogen and oxygen atoms in total. The summed E-state index contributed by atoms with van der Waals surface area (Å²) in [6.07, 6.45) is 5.17. The molecule has 0 aliphatic carbocycles. The molecule has 1 fully saturated rings. The first-order valence-electron chi connectivity index (χ1n) is 10.6. The summed E-state index contributed by atoms with van der Waals surface area (Å²) in [5.41, 5.74) is 4.33. The quantitative estimate of drug-likeness (QED) is 0.604. The second-order valence-electron chi connectivity index (χ2n) is 8.26. The number of aromatic nitrogens is 2. The maximum absolute atomic E-state index is 13.0. The van der Waals surface area contributed by atoms with Crippen molar-refractivity contribution in [3.8, 4) is 0 Å². The summed E-state index contributed by atoms with van der Waals surface area (Å²) >= 11 is 0. The number of rotatable bonds is 6. The van der Waals surface area contributed by atoms with Crippen LogP contribution in [0.3, 0.4) is 0 Å². The highest BCUT2D eigenvalue weighted by atomic mass is 32.2. The SMILES string of the molecule is CCC(C)c1ccc(S(=O)(=O)N2CCN(Cc3cn4cc(C)ccc4n3)CC2)cc1. The Morgan fingerprint density at radius 3 is 2.37 bits per heavy atom. The summed E-state index contributed by atoms with van der Waals surface area (Å²) in [7, 11) is -3.45. The molecule has 0 saturated carbocycles. The predicted octanol–water partition coefficient (Wildman–Crippen LogP) is 3.66. The minimum Gasteiger partial charge on any atom is -0.307 e. The van der Waals surface area contributed by atoms with Gasteiger partial charge in [0.05, 0.1) is 10.6 Å². The fraction of sp³-hybridized carbons (Fsp3) is 0.435. The van der Waals surface area contributed by atoms with E-state index in [1.807, 2.05) is 18.2 Å². The molecular weight excluding hydrogens is 396 g/mol. The number of hydrogen-bond acceptors (Lipinski definition) is 4. The zero-order valence-electron chi connectivity index (χ0n) is 18.0. The Labute approximate surface area is 179 Å². The minimum absolute atomic E-state index is 0.388. The van der Waals surface area contributed by atoms with Gasteiger partial charge in [0.25, 0.3) is 0 Å². The number of sulfonamides is 1. The van der Waals surface area contributed by atoms with Crippen LogP contribution in [0, 0.1) is 6.92 Å². The van der Waals surface area contributed by atoms with Gasteiger partial charge >= 0.3 is 0 Å². The second-order valence-corrected chi connectivity index (χ2v) is 10.2. The largest absolute Gasteiger partial charge is 0.307 e. The van der Waals surface area contributed by atoms with Gasteiger partial charge in [-0.05, 0) is 48.6 Å². The average Bonchev–Trinajstić information content (AvgIpc) is 3.15. The monoisotopic (exact) mass is 426 g/mol. The van der Waals surface area contributed by atoms with Crippen molar-refractivity contribution in [3.05, 3.63) is 65.6 Å². The van der Waals surface area contributed by atoms with Crippen molar-refractivity contribution in [3.63, 3.8) is 0 Å². The lowest BCUT2D eigenvalue weighted by atomic mass is 9.99. The highest BCUT2D eigenvalue weighted by molar-refractivity contribution is 7.89. The lowest BCUT2D eigenvalue weighted by Crippen LogP contribution is -2.48. The minimum atomic E-state index is -3.45. The van der Waals surface area contributed by atoms with E-state index in [9.17, 15) is 8.42 Å². The maximum Gasteiger partial charge on any atom is 0.243 e. The Morgan fingerprint density at radius 1 is 1.00 bits per heavy atom. The van der Waals surface area contributed by atoms with Crippen LogP contribution in [0.4, 0.5) is 0 Å². The van der Waals surface area contributed by atoms with Crippen LogP contribution >= 0.6 is 0 Å². The molecule has 3 aromatic rings. The summed E-state index contributed by atoms with van der Waals surface area (Å²) < 4.78 is 29.7. The Kier molecular flexibility index (Phi) is 5.95. The van der Waals surface area contributed by atoms with Crippen LogP contribution in [0.25, 0.3) is 5.65 Å². The summed E-state index contributed by atoms with van der Waals surface area (Å²) in [4.78, 5) is 7.34. The Bertz CT molecular complexity index is 1110. The number of pyridine rings is 1. The highest BCUT2D eigenvalue weighted by Crippen LogP contribution is 2.23. The number of hydrogen-bond donors (Lipinski definition) is 0. The Balaban J connectivity index is 1.39. The zero-order chi connectivity index (χ0) is 21.3. The molecule has 1 aliphatic rings. The molecule has 0 bridgehead atoms. The van der Waals surface area contributed by atoms with Gasteiger partial charge in [0.1, 0.15) is 5.65 Å². The van der Waals surface area contributed by atoms with Crippen LogP contribution in [-0.4, -0.2) is 53.2 Å². The maximum atomic E-state index is 13.0. The van der Waals surface area contributed by atoms with E-state index in [0.29, 0.717) is 37.0 Å². The van der Waals surface area contributed by atoms with Gasteiger partial charge in [-0.1, -0.05) is 32.0 Å². The van der Waals surface area contributed by atoms with Crippen molar-refractivity contribution in [2.75, 3.05) is 26.2 Å². The first-order chi connectivity index (χ1) is 14.4. The molecule has 0 radical (unpaired) electrons. The van der Waals surface area contributed by atoms with Crippen molar-refractivity contribution in [2.45, 2.75) is 44.6 Å². The first-order valence-corrected chi connectivity index (χ1v) is 12.1. The van der Waals surface area contributed by atoms with Crippen LogP contribution < -0.4 is 0 Å². The van der Waals surface area contributed by atoms with E-state index < -0.39 is 10.0 Å². The summed E-state index contributed by atoms with van der Waals surface area (Å²) in [5, 5.41) is 0. The number of benzene rings is 1. The van der Waals surface area contributed by atoms with Gasteiger partial charge in [-0.25, -0.2) is 13.4 Å². The molecule has 0 N–H and O–H groups in total. The van der Waals surface area contributed by atoms with Crippen LogP contribution in [0.2, 0.25) is 0 Å². The molecule has 7 heteroatoms. The first kappa shape index (κ1) is 21.0. The van der Waals surface area contributed by atoms with Crippen LogP contribution in [-0.2, 0) is 16.6 Å². The smallest absolute Gasteiger partial charge is 0.243 e. The Hall–Kier alpha value is -2.22. The number of aryl methyl sites for hydroxylation is 1. The molecule has 1 atom stereocenters. The fourth-order valence-corrected chi connectivity index (χ4v) is 5.36. The topological polar surface area (TPSA) is 57.9 Å². The van der Waals surface area contributed by atoms with Crippen molar-refractivity contribution in [2.24, 2.45) is 0 Å². The molecule has 0 amide bonds. The van der Waals surface area contributed by atoms with Crippen LogP contribution in [0.15, 0.2) is 53.7 Å². The number of piperazine rings is 1. The molecule has 1 saturated heterocycles. The van der Waals surface area contributed by atoms with Crippen LogP contribution in [0.5, 0.6) is 0 Å². The number of nitrogens with zero attached hydrogens (tertiary/aromatic N) is 4. The summed E-state index contributed by atoms with van der Waals surface area (Å²) in [6.45, 7) is 9.52. The van der Waals surface area contributed by atoms with Gasteiger partial charge in [-0.15, -0.1) is 0 Å². The standard InChI is InChI=1S/C23H30N4O2S/c1-4-19(3)20-6-8-22(9-7-20)30(28,29)27-13-11-25(12-14-27)16-21-17-26-15-18(2)5-10-23(26)24-21/h5-10,15,17,19H,4,11-14,16H2,1-3H3. The van der Waals surface area contributed by atoms with E-state index in [1.165, 1.54) is 11.1 Å². The number of fused-ring (bicyclic) bond motifs is 1. The fourth-order valence-electron chi connectivity index (χ4n) is 3.94. The average molecular weight is 427 g/mol. The van der Waals surface area contributed by atoms with Crippen molar-refractivity contribution >= 4 is 15.7 Å². The summed E-state index contributed by atoms with van der Waals surface area (Å²) in [6, 6.07) is 11.5. The second kappa shape index (κ2) is 8.49. The van der Waals surface area contributed by atoms with E-state index in [4.69, 9.17) is 0 Å². The van der Waals surface area contributed by atoms with Gasteiger partial charge < -0.3 is 4.40 Å². The molecular formula is C23H30N4O2S. The summed E-state index contributed by atoms with van der Waals surface area (Å²) in [5.74, 6) is 0.439. The van der Waals surface area contributed by atoms with E-state index in [1.54, 1.807) is 16.4 Å². The third-order valence-electron chi connectivity index (χ3n) is 6.06. The molecule has 30 heavy (non-hydrogen) atoms. The molecule has 4 rings (SSSR count). The molecule has 3 heterocycles.